The molecule has 1 aliphatic heterocycles. The number of nitrogens with zero attached hydrogens (tertiary/aromatic N) is 1. The molecule has 5 nitrogen and oxygen atoms in total. The van der Waals surface area contributed by atoms with E-state index < -0.39 is 45.5 Å². The Morgan fingerprint density at radius 2 is 1.96 bits per heavy atom. The van der Waals surface area contributed by atoms with Crippen LogP contribution in [0.1, 0.15) is 25.8 Å². The predicted molar refractivity (Wildman–Crippen MR) is 77.3 cm³/mol. The normalized spacial score (nSPS) is 20.9. The lowest BCUT2D eigenvalue weighted by Gasteiger charge is -2.25. The first-order valence-corrected chi connectivity index (χ1v) is 8.67. The Morgan fingerprint density at radius 1 is 1.30 bits per heavy atom. The minimum absolute atomic E-state index is 0.132. The third-order valence-corrected chi connectivity index (χ3v) is 5.73. The van der Waals surface area contributed by atoms with Crippen molar-refractivity contribution in [3.63, 3.8) is 0 Å². The highest BCUT2D eigenvalue weighted by Gasteiger charge is 2.42. The summed E-state index contributed by atoms with van der Waals surface area (Å²) in [6, 6.07) is 0.520. The molecule has 1 aromatic rings. The first-order chi connectivity index (χ1) is 10.6. The van der Waals surface area contributed by atoms with Crippen LogP contribution in [0.2, 0.25) is 0 Å². The highest BCUT2D eigenvalue weighted by Crippen LogP contribution is 2.24. The fourth-order valence-corrected chi connectivity index (χ4v) is 4.58. The smallest absolute Gasteiger partial charge is 0.238 e. The number of nitrogens with one attached hydrogen (secondary N) is 1. The van der Waals surface area contributed by atoms with Crippen molar-refractivity contribution >= 4 is 15.9 Å². The zero-order valence-electron chi connectivity index (χ0n) is 12.6. The largest absolute Gasteiger partial charge is 0.351 e. The number of benzene rings is 1. The van der Waals surface area contributed by atoms with Crippen molar-refractivity contribution in [3.8, 4) is 0 Å². The van der Waals surface area contributed by atoms with Gasteiger partial charge < -0.3 is 5.32 Å². The Bertz CT molecular complexity index is 722. The van der Waals surface area contributed by atoms with Crippen LogP contribution in [-0.2, 0) is 21.4 Å². The maximum atomic E-state index is 13.5. The lowest BCUT2D eigenvalue weighted by Crippen LogP contribution is -2.47. The van der Waals surface area contributed by atoms with E-state index in [0.717, 1.165) is 16.4 Å². The molecule has 1 amide bonds. The number of hydrogen-bond donors (Lipinski definition) is 1. The van der Waals surface area contributed by atoms with Crippen LogP contribution < -0.4 is 5.32 Å². The number of halogens is 3. The Hall–Kier alpha value is -1.61. The topological polar surface area (TPSA) is 66.5 Å². The summed E-state index contributed by atoms with van der Waals surface area (Å²) in [6.07, 6.45) is 0.132. The quantitative estimate of drug-likeness (QED) is 0.838. The van der Waals surface area contributed by atoms with Crippen LogP contribution in [-0.4, -0.2) is 36.5 Å². The molecule has 1 aliphatic rings. The number of rotatable bonds is 4. The molecule has 1 fully saturated rings. The molecule has 9 heteroatoms. The fourth-order valence-electron chi connectivity index (χ4n) is 2.62. The molecule has 2 rings (SSSR count). The van der Waals surface area contributed by atoms with Gasteiger partial charge >= 0.3 is 0 Å². The second-order valence-electron chi connectivity index (χ2n) is 5.60. The average Bonchev–Trinajstić information content (AvgIpc) is 2.79. The summed E-state index contributed by atoms with van der Waals surface area (Å²) in [6.45, 7) is 2.95. The molecule has 0 spiro atoms. The molecule has 1 heterocycles. The number of amides is 1. The zero-order chi connectivity index (χ0) is 17.4. The summed E-state index contributed by atoms with van der Waals surface area (Å²) < 4.78 is 64.5. The molecule has 0 saturated carbocycles. The van der Waals surface area contributed by atoms with E-state index in [9.17, 15) is 26.4 Å². The first-order valence-electron chi connectivity index (χ1n) is 7.06. The number of sulfonamides is 1. The van der Waals surface area contributed by atoms with Crippen LogP contribution in [0, 0.1) is 17.5 Å². The van der Waals surface area contributed by atoms with E-state index in [1.807, 2.05) is 0 Å². The van der Waals surface area contributed by atoms with Gasteiger partial charge in [-0.05, 0) is 26.3 Å². The Kier molecular flexibility index (Phi) is 5.00. The number of carbonyl (C=O) groups excluding carboxylic acids is 1. The molecule has 1 atom stereocenters. The van der Waals surface area contributed by atoms with Crippen molar-refractivity contribution in [2.45, 2.75) is 38.9 Å². The van der Waals surface area contributed by atoms with Gasteiger partial charge in [-0.1, -0.05) is 6.07 Å². The zero-order valence-corrected chi connectivity index (χ0v) is 13.5. The van der Waals surface area contributed by atoms with E-state index in [0.29, 0.717) is 0 Å². The molecular weight excluding hydrogens is 333 g/mol. The molecule has 0 unspecified atom stereocenters. The van der Waals surface area contributed by atoms with E-state index in [-0.39, 0.29) is 24.3 Å². The Morgan fingerprint density at radius 3 is 2.57 bits per heavy atom. The molecular formula is C14H17F3N2O3S. The SMILES string of the molecule is CC(C)N1[C@H](C(=O)NCc2ccc(F)c(F)c2F)CCS1(=O)=O. The Labute approximate surface area is 132 Å². The van der Waals surface area contributed by atoms with Gasteiger partial charge in [-0.3, -0.25) is 4.79 Å². The van der Waals surface area contributed by atoms with Gasteiger partial charge in [-0.25, -0.2) is 21.6 Å². The maximum Gasteiger partial charge on any atom is 0.238 e. The van der Waals surface area contributed by atoms with Crippen molar-refractivity contribution in [1.82, 2.24) is 9.62 Å². The van der Waals surface area contributed by atoms with Crippen molar-refractivity contribution in [2.24, 2.45) is 0 Å². The molecule has 128 valence electrons. The van der Waals surface area contributed by atoms with Gasteiger partial charge in [0.2, 0.25) is 15.9 Å². The van der Waals surface area contributed by atoms with Crippen LogP contribution in [0.4, 0.5) is 13.2 Å². The van der Waals surface area contributed by atoms with Gasteiger partial charge in [0.15, 0.2) is 17.5 Å². The highest BCUT2D eigenvalue weighted by molar-refractivity contribution is 7.89. The van der Waals surface area contributed by atoms with Crippen molar-refractivity contribution in [3.05, 3.63) is 35.1 Å². The summed E-state index contributed by atoms with van der Waals surface area (Å²) in [5.41, 5.74) is -0.214. The first kappa shape index (κ1) is 17.7. The van der Waals surface area contributed by atoms with Crippen LogP contribution in [0.15, 0.2) is 12.1 Å². The van der Waals surface area contributed by atoms with Crippen molar-refractivity contribution in [2.75, 3.05) is 5.75 Å². The van der Waals surface area contributed by atoms with Gasteiger partial charge in [0, 0.05) is 18.2 Å². The highest BCUT2D eigenvalue weighted by atomic mass is 32.2. The van der Waals surface area contributed by atoms with Crippen LogP contribution >= 0.6 is 0 Å². The molecule has 23 heavy (non-hydrogen) atoms. The molecule has 0 aliphatic carbocycles. The summed E-state index contributed by atoms with van der Waals surface area (Å²) >= 11 is 0. The Balaban J connectivity index is 2.10. The maximum absolute atomic E-state index is 13.5. The van der Waals surface area contributed by atoms with Crippen LogP contribution in [0.5, 0.6) is 0 Å². The average molecular weight is 350 g/mol. The lowest BCUT2D eigenvalue weighted by atomic mass is 10.1. The van der Waals surface area contributed by atoms with Crippen molar-refractivity contribution < 1.29 is 26.4 Å². The minimum Gasteiger partial charge on any atom is -0.351 e. The minimum atomic E-state index is -3.50. The number of hydrogen-bond acceptors (Lipinski definition) is 3. The summed E-state index contributed by atoms with van der Waals surface area (Å²) in [5, 5.41) is 2.38. The van der Waals surface area contributed by atoms with E-state index in [1.165, 1.54) is 0 Å². The van der Waals surface area contributed by atoms with Crippen LogP contribution in [0.25, 0.3) is 0 Å². The second-order valence-corrected chi connectivity index (χ2v) is 7.59. The van der Waals surface area contributed by atoms with E-state index in [1.54, 1.807) is 13.8 Å². The third-order valence-electron chi connectivity index (χ3n) is 3.66. The predicted octanol–water partition coefficient (Wildman–Crippen LogP) is 1.53. The van der Waals surface area contributed by atoms with Gasteiger partial charge in [0.05, 0.1) is 5.75 Å². The van der Waals surface area contributed by atoms with E-state index in [4.69, 9.17) is 0 Å². The monoisotopic (exact) mass is 350 g/mol. The van der Waals surface area contributed by atoms with Gasteiger partial charge in [-0.2, -0.15) is 4.31 Å². The van der Waals surface area contributed by atoms with Gasteiger partial charge in [0.25, 0.3) is 0 Å². The van der Waals surface area contributed by atoms with Crippen molar-refractivity contribution in [1.29, 1.82) is 0 Å². The van der Waals surface area contributed by atoms with Gasteiger partial charge in [0.1, 0.15) is 6.04 Å². The molecule has 0 aromatic heterocycles. The second kappa shape index (κ2) is 6.48. The third kappa shape index (κ3) is 3.50. The van der Waals surface area contributed by atoms with Gasteiger partial charge in [-0.15, -0.1) is 0 Å². The standard InChI is InChI=1S/C14H17F3N2O3S/c1-8(2)19-11(5-6-23(19,21)22)14(20)18-7-9-3-4-10(15)13(17)12(9)16/h3-4,8,11H,5-7H2,1-2H3,(H,18,20)/t11-/m0/s1. The molecule has 0 radical (unpaired) electrons. The fraction of sp³-hybridized carbons (Fsp3) is 0.500. The molecule has 1 saturated heterocycles. The van der Waals surface area contributed by atoms with E-state index in [2.05, 4.69) is 5.32 Å². The van der Waals surface area contributed by atoms with Crippen LogP contribution in [0.3, 0.4) is 0 Å². The molecule has 0 bridgehead atoms. The lowest BCUT2D eigenvalue weighted by molar-refractivity contribution is -0.125. The summed E-state index contributed by atoms with van der Waals surface area (Å²) in [5.74, 6) is -5.02. The molecule has 1 aromatic carbocycles. The summed E-state index contributed by atoms with van der Waals surface area (Å²) in [4.78, 5) is 12.2. The molecule has 1 N–H and O–H groups in total. The van der Waals surface area contributed by atoms with E-state index >= 15 is 0 Å². The summed E-state index contributed by atoms with van der Waals surface area (Å²) in [7, 11) is -3.50. The number of carbonyl (C=O) groups is 1.